The molecule has 7 heteroatoms. The highest BCUT2D eigenvalue weighted by Crippen LogP contribution is 2.11. The number of amides is 3. The SMILES string of the molecule is Cc1ccccc1C(=O)N[C@H](C(=O)N(C)CC(=O)NCc1ccco1)C(C)C. The first-order valence-electron chi connectivity index (χ1n) is 9.20. The molecule has 0 saturated carbocycles. The molecule has 1 aromatic heterocycles. The predicted molar refractivity (Wildman–Crippen MR) is 105 cm³/mol. The smallest absolute Gasteiger partial charge is 0.252 e. The highest BCUT2D eigenvalue weighted by molar-refractivity contribution is 5.99. The van der Waals surface area contributed by atoms with Gasteiger partial charge in [-0.3, -0.25) is 14.4 Å². The summed E-state index contributed by atoms with van der Waals surface area (Å²) in [4.78, 5) is 38.8. The molecular weight excluding hydrogens is 358 g/mol. The Morgan fingerprint density at radius 2 is 1.82 bits per heavy atom. The Morgan fingerprint density at radius 3 is 2.43 bits per heavy atom. The summed E-state index contributed by atoms with van der Waals surface area (Å²) in [5.74, 6) is -0.423. The Bertz CT molecular complexity index is 815. The first kappa shape index (κ1) is 21.2. The standard InChI is InChI=1S/C21H27N3O4/c1-14(2)19(23-20(26)17-10-6-5-8-15(17)3)21(27)24(4)13-18(25)22-12-16-9-7-11-28-16/h5-11,14,19H,12-13H2,1-4H3,(H,22,25)(H,23,26)/t19-/m0/s1. The molecule has 3 amide bonds. The van der Waals surface area contributed by atoms with Crippen LogP contribution in [-0.4, -0.2) is 42.3 Å². The molecule has 2 rings (SSSR count). The Labute approximate surface area is 165 Å². The number of hydrogen-bond acceptors (Lipinski definition) is 4. The summed E-state index contributed by atoms with van der Waals surface area (Å²) in [5.41, 5.74) is 1.36. The van der Waals surface area contributed by atoms with Crippen molar-refractivity contribution in [1.29, 1.82) is 0 Å². The van der Waals surface area contributed by atoms with Crippen LogP contribution in [0, 0.1) is 12.8 Å². The van der Waals surface area contributed by atoms with Crippen LogP contribution in [0.4, 0.5) is 0 Å². The molecule has 0 unspecified atom stereocenters. The lowest BCUT2D eigenvalue weighted by Crippen LogP contribution is -2.52. The van der Waals surface area contributed by atoms with Gasteiger partial charge in [0.2, 0.25) is 11.8 Å². The minimum atomic E-state index is -0.727. The molecule has 0 aliphatic carbocycles. The highest BCUT2D eigenvalue weighted by atomic mass is 16.3. The van der Waals surface area contributed by atoms with Crippen molar-refractivity contribution in [3.8, 4) is 0 Å². The van der Waals surface area contributed by atoms with Crippen molar-refractivity contribution in [2.45, 2.75) is 33.4 Å². The number of aryl methyl sites for hydroxylation is 1. The second-order valence-electron chi connectivity index (χ2n) is 7.06. The van der Waals surface area contributed by atoms with Gasteiger partial charge in [-0.2, -0.15) is 0 Å². The number of hydrogen-bond donors (Lipinski definition) is 2. The van der Waals surface area contributed by atoms with E-state index in [2.05, 4.69) is 10.6 Å². The van der Waals surface area contributed by atoms with Crippen LogP contribution in [0.5, 0.6) is 0 Å². The fourth-order valence-electron chi connectivity index (χ4n) is 2.75. The number of nitrogens with one attached hydrogen (secondary N) is 2. The lowest BCUT2D eigenvalue weighted by atomic mass is 10.0. The lowest BCUT2D eigenvalue weighted by Gasteiger charge is -2.27. The fraction of sp³-hybridized carbons (Fsp3) is 0.381. The van der Waals surface area contributed by atoms with Crippen molar-refractivity contribution < 1.29 is 18.8 Å². The molecule has 7 nitrogen and oxygen atoms in total. The van der Waals surface area contributed by atoms with Crippen LogP contribution in [-0.2, 0) is 16.1 Å². The van der Waals surface area contributed by atoms with Gasteiger partial charge in [-0.1, -0.05) is 32.0 Å². The van der Waals surface area contributed by atoms with Crippen LogP contribution in [0.2, 0.25) is 0 Å². The van der Waals surface area contributed by atoms with Crippen molar-refractivity contribution in [2.24, 2.45) is 5.92 Å². The molecule has 28 heavy (non-hydrogen) atoms. The van der Waals surface area contributed by atoms with Crippen LogP contribution in [0.3, 0.4) is 0 Å². The van der Waals surface area contributed by atoms with Crippen LogP contribution in [0.15, 0.2) is 47.1 Å². The maximum atomic E-state index is 12.8. The monoisotopic (exact) mass is 385 g/mol. The quantitative estimate of drug-likeness (QED) is 0.728. The first-order chi connectivity index (χ1) is 13.3. The van der Waals surface area contributed by atoms with Crippen molar-refractivity contribution in [1.82, 2.24) is 15.5 Å². The van der Waals surface area contributed by atoms with Crippen molar-refractivity contribution in [2.75, 3.05) is 13.6 Å². The zero-order valence-electron chi connectivity index (χ0n) is 16.7. The summed E-state index contributed by atoms with van der Waals surface area (Å²) >= 11 is 0. The maximum absolute atomic E-state index is 12.8. The molecular formula is C21H27N3O4. The summed E-state index contributed by atoms with van der Waals surface area (Å²) in [6.07, 6.45) is 1.53. The number of rotatable bonds is 8. The minimum absolute atomic E-state index is 0.108. The normalized spacial score (nSPS) is 11.8. The van der Waals surface area contributed by atoms with E-state index in [1.165, 1.54) is 11.2 Å². The topological polar surface area (TPSA) is 91.7 Å². The van der Waals surface area contributed by atoms with Gasteiger partial charge in [0.1, 0.15) is 11.8 Å². The molecule has 2 aromatic rings. The molecule has 1 atom stereocenters. The summed E-state index contributed by atoms with van der Waals surface area (Å²) in [5, 5.41) is 5.50. The molecule has 1 heterocycles. The van der Waals surface area contributed by atoms with Crippen molar-refractivity contribution in [3.05, 3.63) is 59.5 Å². The van der Waals surface area contributed by atoms with E-state index >= 15 is 0 Å². The zero-order chi connectivity index (χ0) is 20.7. The molecule has 0 saturated heterocycles. The molecule has 150 valence electrons. The number of carbonyl (C=O) groups is 3. The average Bonchev–Trinajstić information content (AvgIpc) is 3.17. The Kier molecular flexibility index (Phi) is 7.37. The van der Waals surface area contributed by atoms with Gasteiger partial charge >= 0.3 is 0 Å². The largest absolute Gasteiger partial charge is 0.467 e. The van der Waals surface area contributed by atoms with E-state index in [0.29, 0.717) is 11.3 Å². The van der Waals surface area contributed by atoms with Gasteiger partial charge in [0, 0.05) is 12.6 Å². The van der Waals surface area contributed by atoms with Crippen LogP contribution in [0.25, 0.3) is 0 Å². The second-order valence-corrected chi connectivity index (χ2v) is 7.06. The third-order valence-corrected chi connectivity index (χ3v) is 4.41. The van der Waals surface area contributed by atoms with E-state index in [0.717, 1.165) is 5.56 Å². The molecule has 0 fully saturated rings. The molecule has 1 aromatic carbocycles. The average molecular weight is 385 g/mol. The Balaban J connectivity index is 1.96. The van der Waals surface area contributed by atoms with Gasteiger partial charge in [-0.05, 0) is 36.6 Å². The van der Waals surface area contributed by atoms with Crippen LogP contribution < -0.4 is 10.6 Å². The minimum Gasteiger partial charge on any atom is -0.467 e. The molecule has 0 bridgehead atoms. The number of carbonyl (C=O) groups excluding carboxylic acids is 3. The van der Waals surface area contributed by atoms with E-state index in [1.807, 2.05) is 32.9 Å². The molecule has 0 aliphatic rings. The predicted octanol–water partition coefficient (Wildman–Crippen LogP) is 2.12. The third-order valence-electron chi connectivity index (χ3n) is 4.41. The van der Waals surface area contributed by atoms with Gasteiger partial charge in [-0.15, -0.1) is 0 Å². The van der Waals surface area contributed by atoms with Crippen molar-refractivity contribution >= 4 is 17.7 Å². The molecule has 0 radical (unpaired) electrons. The highest BCUT2D eigenvalue weighted by Gasteiger charge is 2.28. The van der Waals surface area contributed by atoms with E-state index < -0.39 is 6.04 Å². The molecule has 0 aliphatic heterocycles. The van der Waals surface area contributed by atoms with E-state index in [4.69, 9.17) is 4.42 Å². The molecule has 0 spiro atoms. The van der Waals surface area contributed by atoms with Gasteiger partial charge in [0.25, 0.3) is 5.91 Å². The van der Waals surface area contributed by atoms with Crippen LogP contribution in [0.1, 0.15) is 35.5 Å². The summed E-state index contributed by atoms with van der Waals surface area (Å²) in [7, 11) is 1.55. The van der Waals surface area contributed by atoms with Gasteiger partial charge in [-0.25, -0.2) is 0 Å². The number of likely N-dealkylation sites (N-methyl/N-ethyl adjacent to an activating group) is 1. The van der Waals surface area contributed by atoms with Crippen molar-refractivity contribution in [3.63, 3.8) is 0 Å². The fourth-order valence-corrected chi connectivity index (χ4v) is 2.75. The summed E-state index contributed by atoms with van der Waals surface area (Å²) in [6.45, 7) is 5.70. The zero-order valence-corrected chi connectivity index (χ0v) is 16.7. The Hall–Kier alpha value is -3.09. The van der Waals surface area contributed by atoms with Gasteiger partial charge in [0.05, 0.1) is 19.4 Å². The van der Waals surface area contributed by atoms with Gasteiger partial charge < -0.3 is 20.0 Å². The van der Waals surface area contributed by atoms with Crippen LogP contribution >= 0.6 is 0 Å². The van der Waals surface area contributed by atoms with E-state index in [-0.39, 0.29) is 36.7 Å². The first-order valence-corrected chi connectivity index (χ1v) is 9.20. The Morgan fingerprint density at radius 1 is 1.11 bits per heavy atom. The van der Waals surface area contributed by atoms with E-state index in [1.54, 1.807) is 31.3 Å². The molecule has 2 N–H and O–H groups in total. The van der Waals surface area contributed by atoms with E-state index in [9.17, 15) is 14.4 Å². The maximum Gasteiger partial charge on any atom is 0.252 e. The second kappa shape index (κ2) is 9.73. The number of furan rings is 1. The third kappa shape index (κ3) is 5.70. The summed E-state index contributed by atoms with van der Waals surface area (Å²) in [6, 6.07) is 9.96. The lowest BCUT2D eigenvalue weighted by molar-refractivity contribution is -0.137. The number of benzene rings is 1. The summed E-state index contributed by atoms with van der Waals surface area (Å²) < 4.78 is 5.16. The van der Waals surface area contributed by atoms with Gasteiger partial charge in [0.15, 0.2) is 0 Å². The number of nitrogens with zero attached hydrogens (tertiary/aromatic N) is 1.